The number of methoxy groups -OCH3 is 1. The fourth-order valence-electron chi connectivity index (χ4n) is 0.978. The van der Waals surface area contributed by atoms with Crippen LogP contribution in [0.5, 0.6) is 5.75 Å². The van der Waals surface area contributed by atoms with Crippen molar-refractivity contribution in [2.45, 2.75) is 0 Å². The standard InChI is InChI=1S/C10H9ClO3/c1-6(10(12)13)7-3-4-9(14-2)8(11)5-7/h3-5H,1H2,2H3,(H,12,13). The SMILES string of the molecule is C=C(C(=O)O)c1ccc(OC)c(Cl)c1. The predicted octanol–water partition coefficient (Wildman–Crippen LogP) is 2.45. The van der Waals surface area contributed by atoms with Gasteiger partial charge in [-0.2, -0.15) is 0 Å². The topological polar surface area (TPSA) is 46.5 Å². The van der Waals surface area contributed by atoms with Gasteiger partial charge in [0, 0.05) is 0 Å². The van der Waals surface area contributed by atoms with Crippen LogP contribution < -0.4 is 4.74 Å². The molecule has 0 amide bonds. The van der Waals surface area contributed by atoms with Gasteiger partial charge in [-0.1, -0.05) is 24.2 Å². The highest BCUT2D eigenvalue weighted by molar-refractivity contribution is 6.32. The zero-order chi connectivity index (χ0) is 10.7. The molecule has 0 fully saturated rings. The molecular formula is C10H9ClO3. The van der Waals surface area contributed by atoms with Crippen LogP contribution in [0.4, 0.5) is 0 Å². The minimum absolute atomic E-state index is 0.00885. The van der Waals surface area contributed by atoms with Crippen molar-refractivity contribution >= 4 is 23.1 Å². The largest absolute Gasteiger partial charge is 0.495 e. The van der Waals surface area contributed by atoms with Crippen LogP contribution in [0.1, 0.15) is 5.56 Å². The Balaban J connectivity index is 3.09. The van der Waals surface area contributed by atoms with Gasteiger partial charge < -0.3 is 9.84 Å². The van der Waals surface area contributed by atoms with E-state index in [1.165, 1.54) is 13.2 Å². The Morgan fingerprint density at radius 2 is 2.21 bits per heavy atom. The summed E-state index contributed by atoms with van der Waals surface area (Å²) in [6.45, 7) is 3.42. The second kappa shape index (κ2) is 4.15. The van der Waals surface area contributed by atoms with E-state index in [0.29, 0.717) is 16.3 Å². The number of halogens is 1. The van der Waals surface area contributed by atoms with E-state index in [9.17, 15) is 4.79 Å². The average molecular weight is 213 g/mol. The quantitative estimate of drug-likeness (QED) is 0.783. The van der Waals surface area contributed by atoms with Crippen molar-refractivity contribution in [1.82, 2.24) is 0 Å². The number of carboxylic acid groups (broad SMARTS) is 1. The summed E-state index contributed by atoms with van der Waals surface area (Å²) in [4.78, 5) is 10.6. The molecule has 0 saturated heterocycles. The third kappa shape index (κ3) is 2.06. The van der Waals surface area contributed by atoms with Crippen LogP contribution in [0.2, 0.25) is 5.02 Å². The molecular weight excluding hydrogens is 204 g/mol. The van der Waals surface area contributed by atoms with Gasteiger partial charge >= 0.3 is 5.97 Å². The number of carbonyl (C=O) groups is 1. The van der Waals surface area contributed by atoms with Gasteiger partial charge in [0.05, 0.1) is 17.7 Å². The van der Waals surface area contributed by atoms with E-state index in [0.717, 1.165) is 0 Å². The van der Waals surface area contributed by atoms with Gasteiger partial charge in [0.2, 0.25) is 0 Å². The summed E-state index contributed by atoms with van der Waals surface area (Å²) in [5.41, 5.74) is 0.484. The first-order valence-corrected chi connectivity index (χ1v) is 4.20. The monoisotopic (exact) mass is 212 g/mol. The van der Waals surface area contributed by atoms with Gasteiger partial charge in [0.1, 0.15) is 5.75 Å². The van der Waals surface area contributed by atoms with Crippen molar-refractivity contribution in [3.63, 3.8) is 0 Å². The lowest BCUT2D eigenvalue weighted by Crippen LogP contribution is -1.98. The van der Waals surface area contributed by atoms with E-state index in [1.807, 2.05) is 0 Å². The summed E-state index contributed by atoms with van der Waals surface area (Å²) in [7, 11) is 1.49. The molecule has 1 rings (SSSR count). The van der Waals surface area contributed by atoms with Gasteiger partial charge in [0.15, 0.2) is 0 Å². The molecule has 0 heterocycles. The van der Waals surface area contributed by atoms with Crippen LogP contribution in [0.3, 0.4) is 0 Å². The molecule has 0 saturated carbocycles. The van der Waals surface area contributed by atoms with Gasteiger partial charge in [-0.3, -0.25) is 0 Å². The second-order valence-electron chi connectivity index (χ2n) is 2.63. The Labute approximate surface area is 86.6 Å². The van der Waals surface area contributed by atoms with Crippen molar-refractivity contribution in [2.75, 3.05) is 7.11 Å². The Morgan fingerprint density at radius 1 is 1.57 bits per heavy atom. The number of hydrogen-bond acceptors (Lipinski definition) is 2. The molecule has 1 N–H and O–H groups in total. The molecule has 14 heavy (non-hydrogen) atoms. The number of aliphatic carboxylic acids is 1. The molecule has 0 aliphatic rings. The fourth-order valence-corrected chi connectivity index (χ4v) is 1.24. The number of carboxylic acids is 1. The summed E-state index contributed by atoms with van der Waals surface area (Å²) in [6.07, 6.45) is 0. The van der Waals surface area contributed by atoms with Crippen LogP contribution in [0.15, 0.2) is 24.8 Å². The van der Waals surface area contributed by atoms with Crippen LogP contribution >= 0.6 is 11.6 Å². The smallest absolute Gasteiger partial charge is 0.335 e. The zero-order valence-electron chi connectivity index (χ0n) is 7.58. The van der Waals surface area contributed by atoms with Crippen LogP contribution in [0.25, 0.3) is 5.57 Å². The fraction of sp³-hybridized carbons (Fsp3) is 0.100. The summed E-state index contributed by atoms with van der Waals surface area (Å²) in [5.74, 6) is -0.556. The molecule has 0 radical (unpaired) electrons. The summed E-state index contributed by atoms with van der Waals surface area (Å²) in [5, 5.41) is 9.05. The van der Waals surface area contributed by atoms with Crippen molar-refractivity contribution in [3.05, 3.63) is 35.4 Å². The van der Waals surface area contributed by atoms with Crippen molar-refractivity contribution in [2.24, 2.45) is 0 Å². The first-order valence-electron chi connectivity index (χ1n) is 3.82. The Hall–Kier alpha value is -1.48. The molecule has 0 unspecified atom stereocenters. The van der Waals surface area contributed by atoms with E-state index in [-0.39, 0.29) is 5.57 Å². The van der Waals surface area contributed by atoms with E-state index < -0.39 is 5.97 Å². The first kappa shape index (κ1) is 10.6. The van der Waals surface area contributed by atoms with Gasteiger partial charge in [0.25, 0.3) is 0 Å². The molecule has 0 aliphatic carbocycles. The van der Waals surface area contributed by atoms with E-state index in [2.05, 4.69) is 6.58 Å². The minimum atomic E-state index is -1.06. The highest BCUT2D eigenvalue weighted by Gasteiger charge is 2.09. The Bertz CT molecular complexity index is 385. The first-order chi connectivity index (χ1) is 6.56. The van der Waals surface area contributed by atoms with Crippen molar-refractivity contribution in [3.8, 4) is 5.75 Å². The minimum Gasteiger partial charge on any atom is -0.495 e. The maximum Gasteiger partial charge on any atom is 0.335 e. The number of ether oxygens (including phenoxy) is 1. The normalized spacial score (nSPS) is 9.57. The number of rotatable bonds is 3. The van der Waals surface area contributed by atoms with Gasteiger partial charge in [-0.25, -0.2) is 4.79 Å². The zero-order valence-corrected chi connectivity index (χ0v) is 8.34. The maximum atomic E-state index is 10.6. The second-order valence-corrected chi connectivity index (χ2v) is 3.04. The molecule has 1 aromatic carbocycles. The molecule has 0 bridgehead atoms. The summed E-state index contributed by atoms with van der Waals surface area (Å²) >= 11 is 5.82. The lowest BCUT2D eigenvalue weighted by molar-refractivity contribution is -0.130. The van der Waals surface area contributed by atoms with E-state index in [4.69, 9.17) is 21.4 Å². The molecule has 0 aromatic heterocycles. The van der Waals surface area contributed by atoms with E-state index in [1.54, 1.807) is 12.1 Å². The lowest BCUT2D eigenvalue weighted by Gasteiger charge is -2.05. The molecule has 0 aliphatic heterocycles. The molecule has 74 valence electrons. The lowest BCUT2D eigenvalue weighted by atomic mass is 10.1. The van der Waals surface area contributed by atoms with Crippen LogP contribution in [-0.2, 0) is 4.79 Å². The summed E-state index contributed by atoms with van der Waals surface area (Å²) in [6, 6.07) is 4.71. The number of benzene rings is 1. The van der Waals surface area contributed by atoms with Gasteiger partial charge in [-0.05, 0) is 17.7 Å². The highest BCUT2D eigenvalue weighted by atomic mass is 35.5. The predicted molar refractivity (Wildman–Crippen MR) is 54.7 cm³/mol. The third-order valence-corrected chi connectivity index (χ3v) is 2.05. The molecule has 0 spiro atoms. The van der Waals surface area contributed by atoms with Gasteiger partial charge in [-0.15, -0.1) is 0 Å². The Morgan fingerprint density at radius 3 is 2.64 bits per heavy atom. The number of hydrogen-bond donors (Lipinski definition) is 1. The van der Waals surface area contributed by atoms with Crippen molar-refractivity contribution < 1.29 is 14.6 Å². The maximum absolute atomic E-state index is 10.6. The molecule has 0 atom stereocenters. The third-order valence-electron chi connectivity index (χ3n) is 1.76. The Kier molecular flexibility index (Phi) is 3.14. The van der Waals surface area contributed by atoms with Crippen LogP contribution in [-0.4, -0.2) is 18.2 Å². The van der Waals surface area contributed by atoms with Crippen LogP contribution in [0, 0.1) is 0 Å². The van der Waals surface area contributed by atoms with E-state index >= 15 is 0 Å². The highest BCUT2D eigenvalue weighted by Crippen LogP contribution is 2.27. The van der Waals surface area contributed by atoms with Crippen molar-refractivity contribution in [1.29, 1.82) is 0 Å². The average Bonchev–Trinajstić information content (AvgIpc) is 2.16. The molecule has 3 nitrogen and oxygen atoms in total. The summed E-state index contributed by atoms with van der Waals surface area (Å²) < 4.78 is 4.93. The molecule has 1 aromatic rings. The molecule has 4 heteroatoms.